The van der Waals surface area contributed by atoms with E-state index in [4.69, 9.17) is 5.26 Å². The van der Waals surface area contributed by atoms with Crippen molar-refractivity contribution in [3.8, 4) is 6.07 Å². The van der Waals surface area contributed by atoms with E-state index in [0.29, 0.717) is 5.56 Å². The molecule has 3 rings (SSSR count). The number of nitrogens with zero attached hydrogens (tertiary/aromatic N) is 2. The van der Waals surface area contributed by atoms with Gasteiger partial charge >= 0.3 is 0 Å². The fourth-order valence-electron chi connectivity index (χ4n) is 2.71. The Kier molecular flexibility index (Phi) is 1.87. The van der Waals surface area contributed by atoms with E-state index < -0.39 is 0 Å². The highest BCUT2D eigenvalue weighted by Crippen LogP contribution is 2.59. The number of hydrogen-bond donors (Lipinski definition) is 0. The second-order valence-electron chi connectivity index (χ2n) is 4.55. The molecular formula is C13H10N2O2. The van der Waals surface area contributed by atoms with Gasteiger partial charge in [0.15, 0.2) is 0 Å². The summed E-state index contributed by atoms with van der Waals surface area (Å²) in [5.41, 5.74) is 1.49. The number of fused-ring (bicyclic) bond motifs is 1. The molecule has 0 spiro atoms. The summed E-state index contributed by atoms with van der Waals surface area (Å²) in [6, 6.07) is 9.23. The van der Waals surface area contributed by atoms with Crippen LogP contribution in [-0.4, -0.2) is 23.8 Å². The van der Waals surface area contributed by atoms with Crippen molar-refractivity contribution in [1.82, 2.24) is 4.90 Å². The van der Waals surface area contributed by atoms with Crippen molar-refractivity contribution in [3.63, 3.8) is 0 Å². The average molecular weight is 226 g/mol. The van der Waals surface area contributed by atoms with Crippen LogP contribution >= 0.6 is 0 Å². The molecule has 3 atom stereocenters. The third-order valence-corrected chi connectivity index (χ3v) is 3.65. The van der Waals surface area contributed by atoms with Gasteiger partial charge in [-0.05, 0) is 17.7 Å². The number of amides is 2. The summed E-state index contributed by atoms with van der Waals surface area (Å²) in [5, 5.41) is 8.82. The van der Waals surface area contributed by atoms with Crippen LogP contribution in [0.3, 0.4) is 0 Å². The third kappa shape index (κ3) is 1.22. The molecule has 1 aromatic rings. The smallest absolute Gasteiger partial charge is 0.233 e. The number of hydrogen-bond acceptors (Lipinski definition) is 3. The Morgan fingerprint density at radius 2 is 1.82 bits per heavy atom. The van der Waals surface area contributed by atoms with Gasteiger partial charge in [-0.3, -0.25) is 14.5 Å². The minimum absolute atomic E-state index is 0.0144. The topological polar surface area (TPSA) is 61.2 Å². The van der Waals surface area contributed by atoms with Crippen molar-refractivity contribution in [1.29, 1.82) is 5.26 Å². The lowest BCUT2D eigenvalue weighted by molar-refractivity contribution is -0.139. The predicted molar refractivity (Wildman–Crippen MR) is 58.7 cm³/mol. The Morgan fingerprint density at radius 1 is 1.18 bits per heavy atom. The Hall–Kier alpha value is -2.15. The van der Waals surface area contributed by atoms with Crippen LogP contribution in [0.15, 0.2) is 24.3 Å². The Labute approximate surface area is 98.4 Å². The first kappa shape index (κ1) is 10.0. The molecule has 84 valence electrons. The molecule has 1 aromatic carbocycles. The zero-order chi connectivity index (χ0) is 12.2. The molecule has 2 aliphatic rings. The largest absolute Gasteiger partial charge is 0.285 e. The Balaban J connectivity index is 1.93. The van der Waals surface area contributed by atoms with Crippen molar-refractivity contribution in [3.05, 3.63) is 35.4 Å². The Bertz CT molecular complexity index is 551. The van der Waals surface area contributed by atoms with Crippen LogP contribution in [0, 0.1) is 23.2 Å². The number of imide groups is 1. The van der Waals surface area contributed by atoms with Crippen LogP contribution in [0.25, 0.3) is 0 Å². The second kappa shape index (κ2) is 3.17. The molecule has 1 saturated heterocycles. The summed E-state index contributed by atoms with van der Waals surface area (Å²) < 4.78 is 0. The number of piperidine rings is 1. The maximum absolute atomic E-state index is 11.7. The third-order valence-electron chi connectivity index (χ3n) is 3.65. The lowest BCUT2D eigenvalue weighted by Crippen LogP contribution is -2.30. The molecule has 0 bridgehead atoms. The molecular weight excluding hydrogens is 216 g/mol. The van der Waals surface area contributed by atoms with Gasteiger partial charge in [0.1, 0.15) is 0 Å². The minimum Gasteiger partial charge on any atom is -0.285 e. The molecule has 1 aliphatic heterocycles. The molecule has 1 saturated carbocycles. The fraction of sp³-hybridized carbons (Fsp3) is 0.308. The molecule has 0 aromatic heterocycles. The van der Waals surface area contributed by atoms with Gasteiger partial charge in [0, 0.05) is 13.0 Å². The van der Waals surface area contributed by atoms with Gasteiger partial charge in [0.25, 0.3) is 0 Å². The number of carbonyl (C=O) groups is 2. The predicted octanol–water partition coefficient (Wildman–Crippen LogP) is 0.886. The van der Waals surface area contributed by atoms with Crippen LogP contribution in [0.2, 0.25) is 0 Å². The highest BCUT2D eigenvalue weighted by Gasteiger charge is 2.66. The van der Waals surface area contributed by atoms with Crippen molar-refractivity contribution in [2.75, 3.05) is 7.05 Å². The molecule has 17 heavy (non-hydrogen) atoms. The van der Waals surface area contributed by atoms with Crippen LogP contribution in [0.5, 0.6) is 0 Å². The molecule has 0 N–H and O–H groups in total. The van der Waals surface area contributed by atoms with Gasteiger partial charge < -0.3 is 0 Å². The number of benzene rings is 1. The number of rotatable bonds is 1. The summed E-state index contributed by atoms with van der Waals surface area (Å²) in [6.07, 6.45) is 0. The molecule has 1 heterocycles. The fourth-order valence-corrected chi connectivity index (χ4v) is 2.71. The van der Waals surface area contributed by atoms with Crippen LogP contribution in [0.4, 0.5) is 0 Å². The van der Waals surface area contributed by atoms with Gasteiger partial charge in [0.05, 0.1) is 23.5 Å². The van der Waals surface area contributed by atoms with Gasteiger partial charge in [-0.2, -0.15) is 5.26 Å². The van der Waals surface area contributed by atoms with E-state index in [1.807, 2.05) is 6.07 Å². The molecule has 2 fully saturated rings. The van der Waals surface area contributed by atoms with E-state index in [-0.39, 0.29) is 29.6 Å². The van der Waals surface area contributed by atoms with E-state index in [1.54, 1.807) is 18.2 Å². The molecule has 1 aliphatic carbocycles. The highest BCUT2D eigenvalue weighted by molar-refractivity contribution is 6.10. The van der Waals surface area contributed by atoms with Crippen molar-refractivity contribution in [2.45, 2.75) is 5.92 Å². The monoisotopic (exact) mass is 226 g/mol. The van der Waals surface area contributed by atoms with Gasteiger partial charge in [0.2, 0.25) is 11.8 Å². The normalized spacial score (nSPS) is 30.1. The summed E-state index contributed by atoms with van der Waals surface area (Å²) in [7, 11) is 1.53. The van der Waals surface area contributed by atoms with Crippen molar-refractivity contribution < 1.29 is 9.59 Å². The summed E-state index contributed by atoms with van der Waals surface area (Å²) in [6.45, 7) is 0. The first-order valence-corrected chi connectivity index (χ1v) is 5.46. The Morgan fingerprint density at radius 3 is 2.41 bits per heavy atom. The zero-order valence-corrected chi connectivity index (χ0v) is 9.25. The van der Waals surface area contributed by atoms with Crippen molar-refractivity contribution in [2.24, 2.45) is 11.8 Å². The van der Waals surface area contributed by atoms with Gasteiger partial charge in [-0.1, -0.05) is 12.1 Å². The van der Waals surface area contributed by atoms with Gasteiger partial charge in [-0.25, -0.2) is 0 Å². The SMILES string of the molecule is CN1C(=O)[C@@H]2C(c3cccc(C#N)c3)[C@@H]2C1=O. The summed E-state index contributed by atoms with van der Waals surface area (Å²) in [5.74, 6) is -0.581. The van der Waals surface area contributed by atoms with E-state index in [9.17, 15) is 9.59 Å². The number of carbonyl (C=O) groups excluding carboxylic acids is 2. The van der Waals surface area contributed by atoms with E-state index >= 15 is 0 Å². The first-order valence-electron chi connectivity index (χ1n) is 5.46. The maximum Gasteiger partial charge on any atom is 0.233 e. The lowest BCUT2D eigenvalue weighted by atomic mass is 10.0. The molecule has 4 nitrogen and oxygen atoms in total. The van der Waals surface area contributed by atoms with Gasteiger partial charge in [-0.15, -0.1) is 0 Å². The van der Waals surface area contributed by atoms with Crippen LogP contribution < -0.4 is 0 Å². The summed E-state index contributed by atoms with van der Waals surface area (Å²) in [4.78, 5) is 24.7. The molecule has 0 radical (unpaired) electrons. The molecule has 1 unspecified atom stereocenters. The van der Waals surface area contributed by atoms with Crippen molar-refractivity contribution >= 4 is 11.8 Å². The molecule has 4 heteroatoms. The number of likely N-dealkylation sites (tertiary alicyclic amines) is 1. The maximum atomic E-state index is 11.7. The van der Waals surface area contributed by atoms with E-state index in [2.05, 4.69) is 6.07 Å². The lowest BCUT2D eigenvalue weighted by Gasteiger charge is -2.12. The van der Waals surface area contributed by atoms with Crippen LogP contribution in [0.1, 0.15) is 17.0 Å². The first-order chi connectivity index (χ1) is 8.15. The quantitative estimate of drug-likeness (QED) is 0.668. The van der Waals surface area contributed by atoms with E-state index in [0.717, 1.165) is 5.56 Å². The average Bonchev–Trinajstić information content (AvgIpc) is 3.06. The molecule has 2 amide bonds. The van der Waals surface area contributed by atoms with E-state index in [1.165, 1.54) is 11.9 Å². The summed E-state index contributed by atoms with van der Waals surface area (Å²) >= 11 is 0. The minimum atomic E-state index is -0.193. The van der Waals surface area contributed by atoms with Crippen LogP contribution in [-0.2, 0) is 9.59 Å². The second-order valence-corrected chi connectivity index (χ2v) is 4.55. The standard InChI is InChI=1S/C13H10N2O2/c1-15-12(16)10-9(11(10)13(15)17)8-4-2-3-7(5-8)6-14/h2-5,9-11H,1H3/t9?,10-,11+. The number of nitriles is 1. The zero-order valence-electron chi connectivity index (χ0n) is 9.25. The highest BCUT2D eigenvalue weighted by atomic mass is 16.2.